The Morgan fingerprint density at radius 1 is 1.00 bits per heavy atom. The van der Waals surface area contributed by atoms with E-state index in [1.54, 1.807) is 0 Å². The summed E-state index contributed by atoms with van der Waals surface area (Å²) in [6.45, 7) is 0. The number of hydrogen-bond donors (Lipinski definition) is 0. The summed E-state index contributed by atoms with van der Waals surface area (Å²) in [6, 6.07) is 8.75. The van der Waals surface area contributed by atoms with Crippen LogP contribution in [0.5, 0.6) is 0 Å². The minimum Gasteiger partial charge on any atom is -0.342 e. The van der Waals surface area contributed by atoms with Gasteiger partial charge in [0.05, 0.1) is 6.42 Å². The quantitative estimate of drug-likeness (QED) is 0.842. The van der Waals surface area contributed by atoms with Crippen molar-refractivity contribution in [1.29, 1.82) is 0 Å². The van der Waals surface area contributed by atoms with Crippen LogP contribution in [0.2, 0.25) is 5.02 Å². The molecule has 0 N–H and O–H groups in total. The molecule has 0 heterocycles. The van der Waals surface area contributed by atoms with E-state index in [4.69, 9.17) is 11.6 Å². The highest BCUT2D eigenvalue weighted by Crippen LogP contribution is 2.46. The van der Waals surface area contributed by atoms with E-state index < -0.39 is 0 Å². The predicted octanol–water partition coefficient (Wildman–Crippen LogP) is 3.46. The van der Waals surface area contributed by atoms with Crippen LogP contribution < -0.4 is 0 Å². The first-order valence-corrected chi connectivity index (χ1v) is 8.98. The fraction of sp³-hybridized carbons (Fsp3) is 0.632. The molecule has 3 rings (SSSR count). The summed E-state index contributed by atoms with van der Waals surface area (Å²) in [7, 11) is 6.35. The fourth-order valence-corrected chi connectivity index (χ4v) is 4.52. The van der Waals surface area contributed by atoms with Gasteiger partial charge < -0.3 is 9.80 Å². The van der Waals surface area contributed by atoms with Gasteiger partial charge in [-0.15, -0.1) is 0 Å². The molecule has 1 amide bonds. The molecular weight excluding hydrogens is 308 g/mol. The van der Waals surface area contributed by atoms with Crippen LogP contribution in [-0.4, -0.2) is 48.9 Å². The van der Waals surface area contributed by atoms with Gasteiger partial charge in [-0.25, -0.2) is 0 Å². The Morgan fingerprint density at radius 3 is 2.04 bits per heavy atom. The van der Waals surface area contributed by atoms with Crippen LogP contribution in [-0.2, 0) is 11.2 Å². The van der Waals surface area contributed by atoms with Gasteiger partial charge in [0.1, 0.15) is 0 Å². The number of fused-ring (bicyclic) bond motifs is 1. The normalized spacial score (nSPS) is 29.8. The number of likely N-dealkylation sites (N-methyl/N-ethyl adjacent to an activating group) is 1. The van der Waals surface area contributed by atoms with Crippen molar-refractivity contribution in [3.8, 4) is 0 Å². The molecule has 0 spiro atoms. The maximum atomic E-state index is 12.6. The Hall–Kier alpha value is -1.06. The molecule has 4 heteroatoms. The Morgan fingerprint density at radius 2 is 1.52 bits per heavy atom. The number of halogens is 1. The lowest BCUT2D eigenvalue weighted by atomic mass is 10.0. The first kappa shape index (κ1) is 16.8. The smallest absolute Gasteiger partial charge is 0.226 e. The van der Waals surface area contributed by atoms with Crippen LogP contribution in [0.15, 0.2) is 24.3 Å². The fourth-order valence-electron chi connectivity index (χ4n) is 4.40. The van der Waals surface area contributed by atoms with Crippen molar-refractivity contribution in [2.45, 2.75) is 44.2 Å². The van der Waals surface area contributed by atoms with Crippen LogP contribution in [0.25, 0.3) is 0 Å². The maximum Gasteiger partial charge on any atom is 0.226 e. The van der Waals surface area contributed by atoms with Gasteiger partial charge in [-0.2, -0.15) is 0 Å². The summed E-state index contributed by atoms with van der Waals surface area (Å²) in [5.41, 5.74) is 1.04. The second kappa shape index (κ2) is 6.82. The molecule has 2 aliphatic rings. The van der Waals surface area contributed by atoms with Gasteiger partial charge in [-0.3, -0.25) is 4.79 Å². The molecule has 0 aliphatic heterocycles. The van der Waals surface area contributed by atoms with Crippen molar-refractivity contribution < 1.29 is 4.79 Å². The van der Waals surface area contributed by atoms with Crippen molar-refractivity contribution in [3.05, 3.63) is 34.9 Å². The molecule has 0 bridgehead atoms. The minimum absolute atomic E-state index is 0.224. The largest absolute Gasteiger partial charge is 0.342 e. The first-order chi connectivity index (χ1) is 10.9. The van der Waals surface area contributed by atoms with Crippen molar-refractivity contribution in [1.82, 2.24) is 9.80 Å². The first-order valence-electron chi connectivity index (χ1n) is 8.60. The van der Waals surface area contributed by atoms with Gasteiger partial charge in [0, 0.05) is 24.2 Å². The molecule has 2 aliphatic carbocycles. The zero-order valence-electron chi connectivity index (χ0n) is 14.3. The number of nitrogens with zero attached hydrogens (tertiary/aromatic N) is 2. The Balaban J connectivity index is 1.54. The summed E-state index contributed by atoms with van der Waals surface area (Å²) in [4.78, 5) is 16.9. The molecule has 0 radical (unpaired) electrons. The lowest BCUT2D eigenvalue weighted by molar-refractivity contribution is -0.131. The van der Waals surface area contributed by atoms with Crippen LogP contribution in [0.4, 0.5) is 0 Å². The molecule has 0 aromatic heterocycles. The van der Waals surface area contributed by atoms with Crippen molar-refractivity contribution in [2.24, 2.45) is 11.8 Å². The van der Waals surface area contributed by atoms with Crippen molar-refractivity contribution in [3.63, 3.8) is 0 Å². The van der Waals surface area contributed by atoms with E-state index in [9.17, 15) is 4.79 Å². The van der Waals surface area contributed by atoms with E-state index in [0.717, 1.165) is 23.4 Å². The molecule has 126 valence electrons. The lowest BCUT2D eigenvalue weighted by Crippen LogP contribution is -2.37. The number of carbonyl (C=O) groups is 1. The summed E-state index contributed by atoms with van der Waals surface area (Å²) in [5.74, 6) is 1.83. The highest BCUT2D eigenvalue weighted by molar-refractivity contribution is 6.30. The van der Waals surface area contributed by atoms with E-state index in [2.05, 4.69) is 19.0 Å². The summed E-state index contributed by atoms with van der Waals surface area (Å²) in [5, 5.41) is 0.716. The molecule has 23 heavy (non-hydrogen) atoms. The van der Waals surface area contributed by atoms with E-state index >= 15 is 0 Å². The van der Waals surface area contributed by atoms with E-state index in [1.165, 1.54) is 25.7 Å². The molecule has 3 nitrogen and oxygen atoms in total. The number of carbonyl (C=O) groups excluding carboxylic acids is 1. The number of benzene rings is 1. The number of hydrogen-bond acceptors (Lipinski definition) is 2. The Bertz CT molecular complexity index is 543. The van der Waals surface area contributed by atoms with Gasteiger partial charge in [-0.1, -0.05) is 23.7 Å². The summed E-state index contributed by atoms with van der Waals surface area (Å²) < 4.78 is 0. The van der Waals surface area contributed by atoms with Gasteiger partial charge in [0.25, 0.3) is 0 Å². The second-order valence-corrected chi connectivity index (χ2v) is 7.98. The average Bonchev–Trinajstić information content (AvgIpc) is 3.07. The highest BCUT2D eigenvalue weighted by atomic mass is 35.5. The molecular formula is C19H27ClN2O. The number of amides is 1. The predicted molar refractivity (Wildman–Crippen MR) is 94.6 cm³/mol. The SMILES string of the molecule is CN(C)C1C[C@@H]2CC(N(C)C(=O)Cc3ccc(Cl)cc3)C[C@@H]2C1. The second-order valence-electron chi connectivity index (χ2n) is 7.54. The molecule has 1 aromatic carbocycles. The third kappa shape index (κ3) is 3.72. The van der Waals surface area contributed by atoms with E-state index in [1.807, 2.05) is 36.2 Å². The Kier molecular flexibility index (Phi) is 4.98. The van der Waals surface area contributed by atoms with E-state index in [-0.39, 0.29) is 5.91 Å². The number of rotatable bonds is 4. The summed E-state index contributed by atoms with van der Waals surface area (Å²) >= 11 is 5.90. The van der Waals surface area contributed by atoms with Crippen LogP contribution in [0, 0.1) is 11.8 Å². The van der Waals surface area contributed by atoms with E-state index in [0.29, 0.717) is 17.5 Å². The molecule has 2 unspecified atom stereocenters. The van der Waals surface area contributed by atoms with Crippen LogP contribution >= 0.6 is 11.6 Å². The molecule has 0 saturated heterocycles. The Labute approximate surface area is 144 Å². The zero-order valence-corrected chi connectivity index (χ0v) is 15.1. The van der Waals surface area contributed by atoms with Gasteiger partial charge >= 0.3 is 0 Å². The molecule has 4 atom stereocenters. The average molecular weight is 335 g/mol. The van der Waals surface area contributed by atoms with Crippen molar-refractivity contribution in [2.75, 3.05) is 21.1 Å². The topological polar surface area (TPSA) is 23.6 Å². The summed E-state index contributed by atoms with van der Waals surface area (Å²) in [6.07, 6.45) is 5.43. The van der Waals surface area contributed by atoms with Crippen molar-refractivity contribution >= 4 is 17.5 Å². The van der Waals surface area contributed by atoms with Gasteiger partial charge in [-0.05, 0) is 69.3 Å². The van der Waals surface area contributed by atoms with Crippen LogP contribution in [0.1, 0.15) is 31.2 Å². The molecule has 2 fully saturated rings. The van der Waals surface area contributed by atoms with Crippen LogP contribution in [0.3, 0.4) is 0 Å². The van der Waals surface area contributed by atoms with Gasteiger partial charge in [0.15, 0.2) is 0 Å². The maximum absolute atomic E-state index is 12.6. The molecule has 2 saturated carbocycles. The monoisotopic (exact) mass is 334 g/mol. The lowest BCUT2D eigenvalue weighted by Gasteiger charge is -2.27. The third-order valence-electron chi connectivity index (χ3n) is 5.91. The minimum atomic E-state index is 0.224. The third-order valence-corrected chi connectivity index (χ3v) is 6.16. The highest BCUT2D eigenvalue weighted by Gasteiger charge is 2.43. The van der Waals surface area contributed by atoms with Gasteiger partial charge in [0.2, 0.25) is 5.91 Å². The molecule has 1 aromatic rings. The standard InChI is InChI=1S/C19H27ClN2O/c1-21(2)17-9-14-11-18(12-15(14)10-17)22(3)19(23)8-13-4-6-16(20)7-5-13/h4-7,14-15,17-18H,8-12H2,1-3H3/t14-,15+,17?,18?. The zero-order chi connectivity index (χ0) is 16.6.